The molecule has 5 radical (unpaired) electrons. The Hall–Kier alpha value is -8.06. The van der Waals surface area contributed by atoms with Crippen LogP contribution in [-0.4, -0.2) is 167 Å². The second kappa shape index (κ2) is 43.5. The van der Waals surface area contributed by atoms with Crippen LogP contribution in [0.15, 0.2) is 209 Å². The number of fused-ring (bicyclic) bond motifs is 8. The van der Waals surface area contributed by atoms with Gasteiger partial charge >= 0.3 is 29.6 Å². The first kappa shape index (κ1) is 99.9. The third kappa shape index (κ3) is 20.4. The Morgan fingerprint density at radius 1 is 0.402 bits per heavy atom. The van der Waals surface area contributed by atoms with Crippen LogP contribution in [0, 0.1) is 28.8 Å². The van der Waals surface area contributed by atoms with Gasteiger partial charge in [-0.25, -0.2) is 54.8 Å². The van der Waals surface area contributed by atoms with E-state index in [1.54, 1.807) is 47.6 Å². The van der Waals surface area contributed by atoms with Crippen molar-refractivity contribution in [2.24, 2.45) is 33.1 Å². The largest absolute Gasteiger partial charge is 1.00 e. The number of nitrogens with one attached hydrogen (secondary N) is 1. The van der Waals surface area contributed by atoms with E-state index >= 15 is 0 Å². The fraction of sp³-hybridized carbons (Fsp3) is 0.352. The van der Waals surface area contributed by atoms with Gasteiger partial charge in [-0.2, -0.15) is 4.90 Å². The number of halogens is 6. The molecule has 19 heterocycles. The van der Waals surface area contributed by atoms with Crippen molar-refractivity contribution in [2.45, 2.75) is 154 Å². The number of nitrogens with zero attached hydrogens (tertiary/aromatic N) is 22. The molecular formula is C91H99B3Cl4I2N28NaS3. The Morgan fingerprint density at radius 2 is 0.727 bits per heavy atom. The van der Waals surface area contributed by atoms with Gasteiger partial charge in [-0.05, 0) is 261 Å². The zero-order valence-electron chi connectivity index (χ0n) is 71.7. The van der Waals surface area contributed by atoms with Crippen molar-refractivity contribution < 1.29 is 29.6 Å². The maximum Gasteiger partial charge on any atom is 1.00 e. The van der Waals surface area contributed by atoms with Crippen molar-refractivity contribution in [1.29, 1.82) is 0 Å². The standard InChI is InChI=1S/C24H24ClN7S.C23H23ClN8S.C19H20IN5.C12H17N3.C6H3ClIN3.C5H5ClN2S.2CH4.B3.Na/c1-15-17-13-27-6-2-16(17)12-24(15)4-9-31(10-5-24)23-30-14-19(22-29-8-11-32(22)23)33-18-3-7-28-21(26)20(18)25;24-18-16(2-6-28-20(18)26)33-17-13-30-22(32-10-7-29-21(17)32)31-8-3-23(4-9-31)11-14-1-5-27-12-15(14)19(23)25;1-13-15-11-21-5-2-14(15)10-19(13)3-7-24(8-4-19)18-23-12-16(20)17-22-6-9-25(17)18;13-11-10-8-15-4-1-9(10)7-12(11)2-5-14-6-3-12;7-6-10-3-4(8)5-9-1-2-11(5)6;6-4-3(9)1-2-8-5(4)7;;;1-3-2;/h2-3,6-8,11,13-15H,4-5,9-10,12H2,1H3,(H2,26,28);1-2,5-7,10,12-13,19H,3-4,8-9,11,25H2,(H2,26,28);2,5-6,9,11-13H,3-4,7-8,10H2,1H3;1,4,8,11,14H,2-3,5-7,13H2;1-3H;1-2H,(H3,7,8,9);2*1H4;;/q;;;;;;;;;+1/p-1/t15-;19-;13-;11-;;;;;;/m1111....../s1. The fourth-order valence-electron chi connectivity index (χ4n) is 19.7. The van der Waals surface area contributed by atoms with Crippen LogP contribution in [0.3, 0.4) is 0 Å². The van der Waals surface area contributed by atoms with E-state index in [0.29, 0.717) is 70.8 Å². The van der Waals surface area contributed by atoms with Crippen molar-refractivity contribution in [3.63, 3.8) is 0 Å². The Morgan fingerprint density at radius 3 is 1.11 bits per heavy atom. The molecule has 0 aromatic carbocycles. The maximum absolute atomic E-state index is 6.71. The monoisotopic (exact) mass is 2130 g/mol. The predicted molar refractivity (Wildman–Crippen MR) is 547 cm³/mol. The van der Waals surface area contributed by atoms with E-state index in [4.69, 9.17) is 103 Å². The van der Waals surface area contributed by atoms with Crippen molar-refractivity contribution in [2.75, 3.05) is 84.3 Å². The Kier molecular flexibility index (Phi) is 32.9. The number of imidazole rings is 4. The summed E-state index contributed by atoms with van der Waals surface area (Å²) >= 11 is 36.3. The summed E-state index contributed by atoms with van der Waals surface area (Å²) in [5, 5.41) is 5.13. The Balaban J connectivity index is 0.000000133. The van der Waals surface area contributed by atoms with Crippen LogP contribution < -0.4 is 78.2 Å². The molecular weight excluding hydrogens is 2030 g/mol. The molecule has 0 amide bonds. The molecule has 4 aliphatic heterocycles. The summed E-state index contributed by atoms with van der Waals surface area (Å²) in [5.74, 6) is 4.93. The minimum Gasteiger partial charge on any atom is -0.778 e. The summed E-state index contributed by atoms with van der Waals surface area (Å²) in [6, 6.07) is 14.2. The van der Waals surface area contributed by atoms with Gasteiger partial charge in [0.1, 0.15) is 17.5 Å². The van der Waals surface area contributed by atoms with Gasteiger partial charge < -0.3 is 61.3 Å². The van der Waals surface area contributed by atoms with Gasteiger partial charge in [-0.1, -0.05) is 93.1 Å². The molecule has 0 saturated carbocycles. The van der Waals surface area contributed by atoms with E-state index in [1.807, 2.05) is 103 Å². The topological polar surface area (TPSA) is 363 Å². The first-order valence-electron chi connectivity index (χ1n) is 42.4. The summed E-state index contributed by atoms with van der Waals surface area (Å²) in [5.41, 5.74) is 45.9. The average molecular weight is 2130 g/mol. The minimum atomic E-state index is 0. The number of pyridine rings is 7. The van der Waals surface area contributed by atoms with E-state index in [-0.39, 0.29) is 61.9 Å². The van der Waals surface area contributed by atoms with Crippen LogP contribution in [-0.2, 0) is 38.3 Å². The number of rotatable bonds is 7. The fourth-order valence-corrected chi connectivity index (χ4v) is 23.5. The van der Waals surface area contributed by atoms with Gasteiger partial charge in [0.15, 0.2) is 22.6 Å². The van der Waals surface area contributed by atoms with Crippen LogP contribution in [0.4, 0.5) is 35.3 Å². The zero-order chi connectivity index (χ0) is 89.9. The summed E-state index contributed by atoms with van der Waals surface area (Å²) < 4.78 is 10.1. The molecule has 41 heteroatoms. The van der Waals surface area contributed by atoms with Crippen molar-refractivity contribution >= 4 is 208 Å². The Labute approximate surface area is 855 Å². The van der Waals surface area contributed by atoms with Crippen LogP contribution in [0.1, 0.15) is 148 Å². The summed E-state index contributed by atoms with van der Waals surface area (Å²) in [6.07, 6.45) is 56.4. The summed E-state index contributed by atoms with van der Waals surface area (Å²) in [6.45, 7) is 12.8. The summed E-state index contributed by atoms with van der Waals surface area (Å²) in [7, 11) is 10.0. The van der Waals surface area contributed by atoms with E-state index < -0.39 is 0 Å². The molecule has 4 fully saturated rings. The van der Waals surface area contributed by atoms with E-state index in [9.17, 15) is 0 Å². The molecule has 673 valence electrons. The quantitative estimate of drug-likeness (QED) is 0.0373. The molecule has 4 spiro atoms. The van der Waals surface area contributed by atoms with Crippen LogP contribution in [0.2, 0.25) is 20.4 Å². The van der Waals surface area contributed by atoms with Gasteiger partial charge in [0.2, 0.25) is 23.1 Å². The molecule has 11 N–H and O–H groups in total. The van der Waals surface area contributed by atoms with Gasteiger partial charge in [-0.15, -0.1) is 0 Å². The molecule has 4 atom stereocenters. The van der Waals surface area contributed by atoms with E-state index in [2.05, 4.69) is 200 Å². The Bertz CT molecular complexity index is 6270. The van der Waals surface area contributed by atoms with Gasteiger partial charge in [0.05, 0.1) is 32.0 Å². The number of nitrogens with two attached hydrogens (primary N) is 5. The molecule has 132 heavy (non-hydrogen) atoms. The van der Waals surface area contributed by atoms with Crippen LogP contribution in [0.25, 0.3) is 22.6 Å². The van der Waals surface area contributed by atoms with Crippen molar-refractivity contribution in [1.82, 2.24) is 97.7 Å². The third-order valence-electron chi connectivity index (χ3n) is 27.0. The SMILES string of the molecule is C.C.C[C@@H]1c2cnccc2CC12CCN(c1ncc(I)c3nccn13)CC2.C[C@@H]1c2cnccc2CC12CCN(c1ncc(Sc3ccnc(N)c3Cl)c3nccn13)CC2.Clc1ncc(I)c2nccn12.N[C@@H]1c2cnccc2CC12CCNCC2.Nc1nccc(Sc2cnc(N3CCC4(CC3)Cc3ccncc3[C@H]4N)n3ccnc23)c1Cl.Nc1nccc([S-])c1Cl.[B][B][B].[Na+]. The van der Waals surface area contributed by atoms with Crippen LogP contribution >= 0.6 is 115 Å². The molecule has 28 nitrogen and oxygen atoms in total. The number of hydrogen-bond donors (Lipinski definition) is 6. The molecule has 0 unspecified atom stereocenters. The minimum absolute atomic E-state index is 0. The molecule has 4 aliphatic carbocycles. The molecule has 15 aromatic heterocycles. The normalized spacial score (nSPS) is 18.6. The summed E-state index contributed by atoms with van der Waals surface area (Å²) in [4.78, 5) is 76.3. The van der Waals surface area contributed by atoms with E-state index in [1.165, 1.54) is 106 Å². The molecule has 4 saturated heterocycles. The smallest absolute Gasteiger partial charge is 0.778 e. The van der Waals surface area contributed by atoms with Gasteiger partial charge in [0, 0.05) is 226 Å². The number of aromatic nitrogens is 19. The zero-order valence-corrected chi connectivity index (χ0v) is 83.5. The van der Waals surface area contributed by atoms with Crippen LogP contribution in [0.5, 0.6) is 0 Å². The first-order valence-corrected chi connectivity index (χ1v) is 48.1. The second-order valence-electron chi connectivity index (χ2n) is 33.6. The van der Waals surface area contributed by atoms with Crippen molar-refractivity contribution in [3.8, 4) is 0 Å². The number of nitrogen functional groups attached to an aromatic ring is 3. The number of piperidine rings is 4. The number of anilines is 6. The maximum atomic E-state index is 6.71. The first-order chi connectivity index (χ1) is 62.5. The molecule has 15 aromatic rings. The predicted octanol–water partition coefficient (Wildman–Crippen LogP) is 13.6. The van der Waals surface area contributed by atoms with E-state index in [0.717, 1.165) is 172 Å². The van der Waals surface area contributed by atoms with Crippen molar-refractivity contribution in [3.05, 3.63) is 257 Å². The number of hydrogen-bond acceptors (Lipinski definition) is 27. The molecule has 23 rings (SSSR count). The molecule has 0 bridgehead atoms. The second-order valence-corrected chi connectivity index (χ2v) is 40.0. The van der Waals surface area contributed by atoms with Gasteiger partial charge in [-0.3, -0.25) is 37.5 Å². The third-order valence-corrected chi connectivity index (χ3v) is 32.8. The van der Waals surface area contributed by atoms with Gasteiger partial charge in [0.25, 0.3) is 0 Å². The average Bonchev–Trinajstić information content (AvgIpc) is 1.58. The molecule has 8 aliphatic rings.